The Kier molecular flexibility index (Phi) is 2.41. The van der Waals surface area contributed by atoms with Crippen molar-refractivity contribution in [2.24, 2.45) is 0 Å². The molecule has 0 unspecified atom stereocenters. The average molecular weight is 237 g/mol. The summed E-state index contributed by atoms with van der Waals surface area (Å²) in [5.74, 6) is -0.151. The van der Waals surface area contributed by atoms with E-state index in [1.165, 1.54) is 4.68 Å². The van der Waals surface area contributed by atoms with E-state index in [4.69, 9.17) is 0 Å². The molecule has 2 aromatic carbocycles. The van der Waals surface area contributed by atoms with Crippen molar-refractivity contribution in [1.82, 2.24) is 15.0 Å². The summed E-state index contributed by atoms with van der Waals surface area (Å²) in [6.07, 6.45) is 0. The second kappa shape index (κ2) is 4.07. The Labute approximate surface area is 104 Å². The van der Waals surface area contributed by atoms with Crippen LogP contribution in [-0.2, 0) is 0 Å². The normalized spacial score (nSPS) is 10.7. The van der Waals surface area contributed by atoms with Crippen LogP contribution >= 0.6 is 0 Å². The number of nitrogens with zero attached hydrogens (tertiary/aromatic N) is 3. The topological polar surface area (TPSA) is 47.8 Å². The zero-order valence-electron chi connectivity index (χ0n) is 9.87. The third kappa shape index (κ3) is 1.59. The fourth-order valence-electron chi connectivity index (χ4n) is 1.95. The molecule has 4 nitrogen and oxygen atoms in total. The van der Waals surface area contributed by atoms with Crippen molar-refractivity contribution in [2.75, 3.05) is 0 Å². The molecule has 3 aromatic rings. The molecule has 1 heterocycles. The molecular weight excluding hydrogens is 226 g/mol. The van der Waals surface area contributed by atoms with Gasteiger partial charge >= 0.3 is 0 Å². The molecule has 0 aliphatic rings. The number of aromatic nitrogens is 3. The molecule has 0 radical (unpaired) electrons. The number of para-hydroxylation sites is 1. The highest BCUT2D eigenvalue weighted by Gasteiger charge is 2.14. The predicted octanol–water partition coefficient (Wildman–Crippen LogP) is 2.43. The van der Waals surface area contributed by atoms with Crippen molar-refractivity contribution in [3.05, 3.63) is 59.7 Å². The van der Waals surface area contributed by atoms with Gasteiger partial charge in [-0.3, -0.25) is 4.79 Å². The fraction of sp³-hybridized carbons (Fsp3) is 0.0714. The monoisotopic (exact) mass is 237 g/mol. The molecule has 4 heteroatoms. The first kappa shape index (κ1) is 10.7. The number of carbonyl (C=O) groups excluding carboxylic acids is 1. The summed E-state index contributed by atoms with van der Waals surface area (Å²) in [6.45, 7) is 1.91. The quantitative estimate of drug-likeness (QED) is 0.653. The third-order valence-corrected chi connectivity index (χ3v) is 2.92. The van der Waals surface area contributed by atoms with Gasteiger partial charge in [0.15, 0.2) is 0 Å². The average Bonchev–Trinajstić information content (AvgIpc) is 2.82. The van der Waals surface area contributed by atoms with E-state index in [0.29, 0.717) is 5.56 Å². The van der Waals surface area contributed by atoms with Crippen LogP contribution in [0.5, 0.6) is 0 Å². The van der Waals surface area contributed by atoms with Crippen LogP contribution < -0.4 is 0 Å². The first-order valence-electron chi connectivity index (χ1n) is 5.68. The van der Waals surface area contributed by atoms with Crippen LogP contribution in [0.15, 0.2) is 48.5 Å². The molecule has 0 aliphatic carbocycles. The summed E-state index contributed by atoms with van der Waals surface area (Å²) in [7, 11) is 0. The van der Waals surface area contributed by atoms with Crippen molar-refractivity contribution in [1.29, 1.82) is 0 Å². The maximum atomic E-state index is 12.4. The van der Waals surface area contributed by atoms with Gasteiger partial charge in [-0.25, -0.2) is 0 Å². The Morgan fingerprint density at radius 1 is 1.06 bits per heavy atom. The van der Waals surface area contributed by atoms with E-state index < -0.39 is 0 Å². The smallest absolute Gasteiger partial charge is 0.267 e. The molecule has 3 rings (SSSR count). The minimum absolute atomic E-state index is 0.151. The first-order valence-corrected chi connectivity index (χ1v) is 5.68. The minimum Gasteiger partial charge on any atom is -0.267 e. The van der Waals surface area contributed by atoms with Crippen LogP contribution in [0.4, 0.5) is 0 Å². The van der Waals surface area contributed by atoms with Gasteiger partial charge in [-0.2, -0.15) is 4.68 Å². The summed E-state index contributed by atoms with van der Waals surface area (Å²) < 4.78 is 1.34. The second-order valence-electron chi connectivity index (χ2n) is 4.11. The van der Waals surface area contributed by atoms with E-state index in [1.54, 1.807) is 6.07 Å². The van der Waals surface area contributed by atoms with E-state index in [9.17, 15) is 4.79 Å². The minimum atomic E-state index is -0.151. The van der Waals surface area contributed by atoms with Crippen LogP contribution in [0.2, 0.25) is 0 Å². The molecule has 18 heavy (non-hydrogen) atoms. The van der Waals surface area contributed by atoms with Crippen molar-refractivity contribution < 1.29 is 4.79 Å². The summed E-state index contributed by atoms with van der Waals surface area (Å²) >= 11 is 0. The van der Waals surface area contributed by atoms with Crippen molar-refractivity contribution in [3.63, 3.8) is 0 Å². The number of fused-ring (bicyclic) bond motifs is 1. The lowest BCUT2D eigenvalue weighted by Gasteiger charge is -2.04. The summed E-state index contributed by atoms with van der Waals surface area (Å²) in [4.78, 5) is 12.4. The number of hydrogen-bond donors (Lipinski definition) is 0. The predicted molar refractivity (Wildman–Crippen MR) is 68.4 cm³/mol. The van der Waals surface area contributed by atoms with Crippen LogP contribution in [0.1, 0.15) is 15.9 Å². The molecular formula is C14H11N3O. The molecule has 0 bridgehead atoms. The molecule has 0 amide bonds. The summed E-state index contributed by atoms with van der Waals surface area (Å²) in [5, 5.41) is 7.92. The van der Waals surface area contributed by atoms with Crippen molar-refractivity contribution in [2.45, 2.75) is 6.92 Å². The van der Waals surface area contributed by atoms with E-state index in [2.05, 4.69) is 10.3 Å². The van der Waals surface area contributed by atoms with E-state index in [0.717, 1.165) is 16.6 Å². The molecule has 0 spiro atoms. The zero-order chi connectivity index (χ0) is 12.5. The van der Waals surface area contributed by atoms with Crippen LogP contribution in [0, 0.1) is 6.92 Å². The standard InChI is InChI=1S/C14H11N3O/c1-10-6-2-3-7-11(10)14(18)17-13-9-5-4-8-12(13)15-16-17/h2-9H,1H3. The van der Waals surface area contributed by atoms with Gasteiger partial charge in [-0.15, -0.1) is 5.10 Å². The number of aryl methyl sites for hydroxylation is 1. The van der Waals surface area contributed by atoms with E-state index in [-0.39, 0.29) is 5.91 Å². The highest BCUT2D eigenvalue weighted by molar-refractivity contribution is 6.01. The highest BCUT2D eigenvalue weighted by Crippen LogP contribution is 2.14. The molecule has 1 aromatic heterocycles. The highest BCUT2D eigenvalue weighted by atomic mass is 16.2. The molecule has 0 fully saturated rings. The third-order valence-electron chi connectivity index (χ3n) is 2.92. The van der Waals surface area contributed by atoms with Gasteiger partial charge in [-0.05, 0) is 30.7 Å². The second-order valence-corrected chi connectivity index (χ2v) is 4.11. The SMILES string of the molecule is Cc1ccccc1C(=O)n1nnc2ccccc21. The number of hydrogen-bond acceptors (Lipinski definition) is 3. The van der Waals surface area contributed by atoms with E-state index >= 15 is 0 Å². The van der Waals surface area contributed by atoms with Crippen LogP contribution in [0.25, 0.3) is 11.0 Å². The van der Waals surface area contributed by atoms with Crippen molar-refractivity contribution >= 4 is 16.9 Å². The Hall–Kier alpha value is -2.49. The fourth-order valence-corrected chi connectivity index (χ4v) is 1.95. The maximum absolute atomic E-state index is 12.4. The number of benzene rings is 2. The number of rotatable bonds is 1. The van der Waals surface area contributed by atoms with Gasteiger partial charge in [0.1, 0.15) is 5.52 Å². The van der Waals surface area contributed by atoms with E-state index in [1.807, 2.05) is 49.4 Å². The molecule has 0 aliphatic heterocycles. The summed E-state index contributed by atoms with van der Waals surface area (Å²) in [5.41, 5.74) is 3.03. The Balaban J connectivity index is 2.16. The zero-order valence-corrected chi connectivity index (χ0v) is 9.87. The van der Waals surface area contributed by atoms with Gasteiger partial charge in [0, 0.05) is 5.56 Å². The summed E-state index contributed by atoms with van der Waals surface area (Å²) in [6, 6.07) is 14.9. The molecule has 0 N–H and O–H groups in total. The Morgan fingerprint density at radius 3 is 2.61 bits per heavy atom. The molecule has 0 saturated carbocycles. The van der Waals surface area contributed by atoms with Gasteiger partial charge in [0.25, 0.3) is 5.91 Å². The largest absolute Gasteiger partial charge is 0.280 e. The lowest BCUT2D eigenvalue weighted by Crippen LogP contribution is -2.14. The molecule has 0 saturated heterocycles. The Bertz CT molecular complexity index is 730. The molecule has 0 atom stereocenters. The van der Waals surface area contributed by atoms with Gasteiger partial charge < -0.3 is 0 Å². The lowest BCUT2D eigenvalue weighted by atomic mass is 10.1. The van der Waals surface area contributed by atoms with Gasteiger partial charge in [-0.1, -0.05) is 35.5 Å². The van der Waals surface area contributed by atoms with Crippen molar-refractivity contribution in [3.8, 4) is 0 Å². The number of carbonyl (C=O) groups is 1. The maximum Gasteiger partial charge on any atom is 0.280 e. The lowest BCUT2D eigenvalue weighted by molar-refractivity contribution is 0.0947. The van der Waals surface area contributed by atoms with Gasteiger partial charge in [0.2, 0.25) is 0 Å². The van der Waals surface area contributed by atoms with Crippen LogP contribution in [0.3, 0.4) is 0 Å². The van der Waals surface area contributed by atoms with Gasteiger partial charge in [0.05, 0.1) is 5.52 Å². The first-order chi connectivity index (χ1) is 8.77. The molecule has 88 valence electrons. The Morgan fingerprint density at radius 2 is 1.78 bits per heavy atom. The van der Waals surface area contributed by atoms with Crippen LogP contribution in [-0.4, -0.2) is 20.9 Å².